The van der Waals surface area contributed by atoms with Crippen LogP contribution in [0.3, 0.4) is 0 Å². The highest BCUT2D eigenvalue weighted by Crippen LogP contribution is 2.19. The van der Waals surface area contributed by atoms with Gasteiger partial charge < -0.3 is 14.8 Å². The first-order valence-corrected chi connectivity index (χ1v) is 11.2. The molecule has 0 aliphatic carbocycles. The molecule has 30 heavy (non-hydrogen) atoms. The second kappa shape index (κ2) is 8.27. The molecule has 9 heteroatoms. The van der Waals surface area contributed by atoms with Crippen LogP contribution in [0.15, 0.2) is 64.2 Å². The predicted octanol–water partition coefficient (Wildman–Crippen LogP) is 2.88. The molecule has 0 radical (unpaired) electrons. The highest BCUT2D eigenvalue weighted by atomic mass is 32.2. The first kappa shape index (κ1) is 20.1. The van der Waals surface area contributed by atoms with Gasteiger partial charge >= 0.3 is 0 Å². The Balaban J connectivity index is 1.38. The zero-order valence-electron chi connectivity index (χ0n) is 16.7. The van der Waals surface area contributed by atoms with Crippen molar-refractivity contribution in [1.82, 2.24) is 14.5 Å². The summed E-state index contributed by atoms with van der Waals surface area (Å²) in [6.07, 6.45) is 3.57. The maximum absolute atomic E-state index is 12.5. The van der Waals surface area contributed by atoms with Crippen LogP contribution in [0.4, 0.5) is 5.69 Å². The highest BCUT2D eigenvalue weighted by molar-refractivity contribution is 7.90. The van der Waals surface area contributed by atoms with Gasteiger partial charge in [0.15, 0.2) is 0 Å². The number of nitrogens with one attached hydrogen (secondary N) is 1. The molecule has 0 saturated carbocycles. The monoisotopic (exact) mass is 425 g/mol. The Morgan fingerprint density at radius 3 is 2.67 bits per heavy atom. The van der Waals surface area contributed by atoms with E-state index in [0.29, 0.717) is 24.5 Å². The Hall–Kier alpha value is -3.20. The first-order valence-electron chi connectivity index (χ1n) is 9.77. The molecule has 8 nitrogen and oxygen atoms in total. The standard InChI is InChI=1S/C21H23N5O3S/c1-25-13-4-7-20(25)24-30(28,29)17-10-8-16(9-11-17)23-21(27)12-14-26-15-22-18-5-2-3-6-19(18)26/h2-3,5-6,8-11,15H,4,7,12-14H2,1H3,(H,23,27). The summed E-state index contributed by atoms with van der Waals surface area (Å²) in [7, 11) is -1.92. The molecule has 1 amide bonds. The van der Waals surface area contributed by atoms with E-state index in [9.17, 15) is 13.2 Å². The molecule has 156 valence electrons. The topological polar surface area (TPSA) is 96.7 Å². The lowest BCUT2D eigenvalue weighted by Gasteiger charge is -2.11. The van der Waals surface area contributed by atoms with Gasteiger partial charge in [-0.2, -0.15) is 8.42 Å². The van der Waals surface area contributed by atoms with Crippen LogP contribution in [0, 0.1) is 0 Å². The van der Waals surface area contributed by atoms with Crippen LogP contribution in [0.25, 0.3) is 11.0 Å². The molecule has 1 aliphatic rings. The number of nitrogens with zero attached hydrogens (tertiary/aromatic N) is 4. The molecule has 1 fully saturated rings. The van der Waals surface area contributed by atoms with E-state index in [4.69, 9.17) is 0 Å². The molecular formula is C21H23N5O3S. The predicted molar refractivity (Wildman–Crippen MR) is 116 cm³/mol. The molecular weight excluding hydrogens is 402 g/mol. The zero-order valence-corrected chi connectivity index (χ0v) is 17.5. The lowest BCUT2D eigenvalue weighted by Crippen LogP contribution is -2.20. The van der Waals surface area contributed by atoms with E-state index in [-0.39, 0.29) is 17.2 Å². The van der Waals surface area contributed by atoms with Gasteiger partial charge in [-0.3, -0.25) is 4.79 Å². The van der Waals surface area contributed by atoms with Crippen molar-refractivity contribution in [3.63, 3.8) is 0 Å². The summed E-state index contributed by atoms with van der Waals surface area (Å²) < 4.78 is 30.9. The van der Waals surface area contributed by atoms with Gasteiger partial charge in [-0.15, -0.1) is 4.40 Å². The fourth-order valence-corrected chi connectivity index (χ4v) is 4.54. The van der Waals surface area contributed by atoms with E-state index >= 15 is 0 Å². The minimum absolute atomic E-state index is 0.109. The average molecular weight is 426 g/mol. The van der Waals surface area contributed by atoms with Gasteiger partial charge in [0.25, 0.3) is 10.0 Å². The van der Waals surface area contributed by atoms with E-state index in [1.54, 1.807) is 18.5 Å². The SMILES string of the molecule is CN1CCCC1=NS(=O)(=O)c1ccc(NC(=O)CCn2cnc3ccccc32)cc1. The molecule has 0 bridgehead atoms. The van der Waals surface area contributed by atoms with E-state index in [2.05, 4.69) is 14.7 Å². The van der Waals surface area contributed by atoms with E-state index in [1.165, 1.54) is 12.1 Å². The van der Waals surface area contributed by atoms with Crippen LogP contribution in [0.5, 0.6) is 0 Å². The summed E-state index contributed by atoms with van der Waals surface area (Å²) >= 11 is 0. The molecule has 1 N–H and O–H groups in total. The molecule has 0 spiro atoms. The number of likely N-dealkylation sites (tertiary alicyclic amines) is 1. The summed E-state index contributed by atoms with van der Waals surface area (Å²) in [4.78, 5) is 18.6. The number of benzene rings is 2. The number of amidine groups is 1. The number of rotatable bonds is 6. The summed E-state index contributed by atoms with van der Waals surface area (Å²) in [5.74, 6) is 0.426. The molecule has 1 aliphatic heterocycles. The quantitative estimate of drug-likeness (QED) is 0.655. The number of carbonyl (C=O) groups is 1. The zero-order chi connectivity index (χ0) is 21.1. The van der Waals surface area contributed by atoms with E-state index in [0.717, 1.165) is 24.0 Å². The fourth-order valence-electron chi connectivity index (χ4n) is 3.45. The summed E-state index contributed by atoms with van der Waals surface area (Å²) in [5, 5.41) is 2.80. The van der Waals surface area contributed by atoms with Gasteiger partial charge in [-0.25, -0.2) is 4.98 Å². The number of aryl methyl sites for hydroxylation is 1. The first-order chi connectivity index (χ1) is 14.4. The lowest BCUT2D eigenvalue weighted by atomic mass is 10.3. The van der Waals surface area contributed by atoms with Crippen LogP contribution in [0.2, 0.25) is 0 Å². The highest BCUT2D eigenvalue weighted by Gasteiger charge is 2.20. The van der Waals surface area contributed by atoms with Crippen molar-refractivity contribution in [2.45, 2.75) is 30.7 Å². The van der Waals surface area contributed by atoms with Crippen molar-refractivity contribution in [1.29, 1.82) is 0 Å². The van der Waals surface area contributed by atoms with Crippen molar-refractivity contribution >= 4 is 38.5 Å². The number of imidazole rings is 1. The average Bonchev–Trinajstić information content (AvgIpc) is 3.32. The van der Waals surface area contributed by atoms with E-state index in [1.807, 2.05) is 40.8 Å². The number of hydrogen-bond acceptors (Lipinski definition) is 4. The van der Waals surface area contributed by atoms with Gasteiger partial charge in [0.05, 0.1) is 22.3 Å². The third-order valence-electron chi connectivity index (χ3n) is 5.10. The van der Waals surface area contributed by atoms with Gasteiger partial charge in [0, 0.05) is 38.7 Å². The Labute approximate surface area is 175 Å². The van der Waals surface area contributed by atoms with Gasteiger partial charge in [-0.1, -0.05) is 12.1 Å². The number of aromatic nitrogens is 2. The molecule has 1 saturated heterocycles. The van der Waals surface area contributed by atoms with Crippen molar-refractivity contribution in [3.05, 3.63) is 54.9 Å². The number of anilines is 1. The Morgan fingerprint density at radius 2 is 1.93 bits per heavy atom. The lowest BCUT2D eigenvalue weighted by molar-refractivity contribution is -0.116. The summed E-state index contributed by atoms with van der Waals surface area (Å²) in [5.41, 5.74) is 2.41. The minimum Gasteiger partial charge on any atom is -0.362 e. The number of para-hydroxylation sites is 2. The molecule has 2 heterocycles. The second-order valence-corrected chi connectivity index (χ2v) is 8.86. The van der Waals surface area contributed by atoms with Crippen molar-refractivity contribution < 1.29 is 13.2 Å². The number of amides is 1. The number of fused-ring (bicyclic) bond motifs is 1. The third kappa shape index (κ3) is 4.35. The molecule has 2 aromatic carbocycles. The smallest absolute Gasteiger partial charge is 0.283 e. The van der Waals surface area contributed by atoms with Crippen LogP contribution in [-0.2, 0) is 21.4 Å². The van der Waals surface area contributed by atoms with Gasteiger partial charge in [-0.05, 0) is 42.8 Å². The number of carbonyl (C=O) groups excluding carboxylic acids is 1. The second-order valence-electron chi connectivity index (χ2n) is 7.26. The van der Waals surface area contributed by atoms with Crippen LogP contribution >= 0.6 is 0 Å². The maximum atomic E-state index is 12.5. The van der Waals surface area contributed by atoms with Crippen LogP contribution in [-0.4, -0.2) is 48.2 Å². The molecule has 1 aromatic heterocycles. The Morgan fingerprint density at radius 1 is 1.17 bits per heavy atom. The fraction of sp³-hybridized carbons (Fsp3) is 0.286. The summed E-state index contributed by atoms with van der Waals surface area (Å²) in [6.45, 7) is 1.32. The Kier molecular flexibility index (Phi) is 5.54. The molecule has 0 unspecified atom stereocenters. The van der Waals surface area contributed by atoms with Gasteiger partial charge in [0.1, 0.15) is 5.84 Å². The minimum atomic E-state index is -3.76. The number of sulfonamides is 1. The van der Waals surface area contributed by atoms with Crippen LogP contribution < -0.4 is 5.32 Å². The van der Waals surface area contributed by atoms with Crippen molar-refractivity contribution in [3.8, 4) is 0 Å². The summed E-state index contributed by atoms with van der Waals surface area (Å²) in [6, 6.07) is 13.8. The van der Waals surface area contributed by atoms with Crippen molar-refractivity contribution in [2.24, 2.45) is 4.40 Å². The molecule has 0 atom stereocenters. The third-order valence-corrected chi connectivity index (χ3v) is 6.42. The molecule has 3 aromatic rings. The van der Waals surface area contributed by atoms with Crippen LogP contribution in [0.1, 0.15) is 19.3 Å². The van der Waals surface area contributed by atoms with Crippen molar-refractivity contribution in [2.75, 3.05) is 18.9 Å². The normalized spacial score (nSPS) is 15.8. The van der Waals surface area contributed by atoms with E-state index < -0.39 is 10.0 Å². The maximum Gasteiger partial charge on any atom is 0.283 e. The largest absolute Gasteiger partial charge is 0.362 e. The Bertz CT molecular complexity index is 1200. The number of hydrogen-bond donors (Lipinski definition) is 1. The molecule has 4 rings (SSSR count). The van der Waals surface area contributed by atoms with Gasteiger partial charge in [0.2, 0.25) is 5.91 Å².